The monoisotopic (exact) mass is 492 g/mol. The third-order valence-corrected chi connectivity index (χ3v) is 7.44. The number of likely N-dealkylation sites (N-methyl/N-ethyl adjacent to an activating group) is 1. The predicted molar refractivity (Wildman–Crippen MR) is 132 cm³/mol. The van der Waals surface area contributed by atoms with Gasteiger partial charge in [-0.2, -0.15) is 0 Å². The van der Waals surface area contributed by atoms with Gasteiger partial charge in [0.1, 0.15) is 12.0 Å². The van der Waals surface area contributed by atoms with Gasteiger partial charge >= 0.3 is 0 Å². The summed E-state index contributed by atoms with van der Waals surface area (Å²) in [5.41, 5.74) is 2.91. The quantitative estimate of drug-likeness (QED) is 0.566. The maximum atomic E-state index is 14.0. The second-order valence-corrected chi connectivity index (χ2v) is 9.36. The van der Waals surface area contributed by atoms with Crippen LogP contribution < -0.4 is 15.1 Å². The summed E-state index contributed by atoms with van der Waals surface area (Å²) >= 11 is 7.51. The fourth-order valence-corrected chi connectivity index (χ4v) is 5.49. The molecule has 9 heteroatoms. The molecule has 1 amide bonds. The molecule has 0 saturated carbocycles. The highest BCUT2D eigenvalue weighted by atomic mass is 35.5. The molecule has 0 radical (unpaired) electrons. The normalized spacial score (nSPS) is 20.3. The number of benzene rings is 1. The Bertz CT molecular complexity index is 1110. The van der Waals surface area contributed by atoms with E-state index in [0.29, 0.717) is 24.7 Å². The van der Waals surface area contributed by atoms with Crippen molar-refractivity contribution in [2.45, 2.75) is 18.6 Å². The van der Waals surface area contributed by atoms with E-state index in [2.05, 4.69) is 16.4 Å². The van der Waals surface area contributed by atoms with Crippen LogP contribution in [0.4, 0.5) is 15.9 Å². The number of alkyl halides is 1. The molecule has 0 spiro atoms. The number of carbonyl (C=O) groups is 1. The Morgan fingerprint density at radius 2 is 1.97 bits per heavy atom. The summed E-state index contributed by atoms with van der Waals surface area (Å²) in [7, 11) is 1.77. The average molecular weight is 493 g/mol. The third-order valence-electron chi connectivity index (χ3n) is 5.97. The Hall–Kier alpha value is -2.19. The van der Waals surface area contributed by atoms with Gasteiger partial charge in [0.25, 0.3) is 5.91 Å². The van der Waals surface area contributed by atoms with E-state index in [1.54, 1.807) is 18.1 Å². The predicted octanol–water partition coefficient (Wildman–Crippen LogP) is 4.83. The number of pyridine rings is 1. The number of rotatable bonds is 4. The molecule has 1 aromatic carbocycles. The van der Waals surface area contributed by atoms with Crippen LogP contribution in [0.25, 0.3) is 10.4 Å². The van der Waals surface area contributed by atoms with Crippen molar-refractivity contribution in [2.75, 3.05) is 36.5 Å². The summed E-state index contributed by atoms with van der Waals surface area (Å²) in [6, 6.07) is 13.4. The molecule has 1 fully saturated rings. The number of nitrogens with zero attached hydrogens (tertiary/aromatic N) is 3. The minimum absolute atomic E-state index is 0. The highest BCUT2D eigenvalue weighted by Crippen LogP contribution is 2.36. The summed E-state index contributed by atoms with van der Waals surface area (Å²) in [5, 5.41) is 3.70. The standard InChI is InChI=1S/C23H22ClFN4OS.ClH/c1-26-19-13-28(12-18(19)25)21-7-6-17(11-27-21)29-9-8-15-10-20(31-22(15)23(29)30)14-2-4-16(24)5-3-14;/h2-7,10-11,18-19,26H,8-9,12-13H2,1H3;1H/t18-,19+;/m0./s1. The molecule has 5 nitrogen and oxygen atoms in total. The van der Waals surface area contributed by atoms with E-state index in [1.807, 2.05) is 41.3 Å². The van der Waals surface area contributed by atoms with Crippen LogP contribution in [0.1, 0.15) is 15.2 Å². The lowest BCUT2D eigenvalue weighted by molar-refractivity contribution is 0.0985. The van der Waals surface area contributed by atoms with Crippen molar-refractivity contribution in [2.24, 2.45) is 0 Å². The molecule has 2 aliphatic heterocycles. The van der Waals surface area contributed by atoms with Gasteiger partial charge in [0, 0.05) is 23.0 Å². The van der Waals surface area contributed by atoms with Crippen LogP contribution in [0.5, 0.6) is 0 Å². The van der Waals surface area contributed by atoms with Crippen LogP contribution in [0.3, 0.4) is 0 Å². The number of hydrogen-bond donors (Lipinski definition) is 1. The molecule has 168 valence electrons. The first-order valence-electron chi connectivity index (χ1n) is 10.3. The molecule has 0 bridgehead atoms. The molecule has 4 heterocycles. The van der Waals surface area contributed by atoms with Gasteiger partial charge in [-0.3, -0.25) is 4.79 Å². The molecule has 2 aliphatic rings. The first kappa shape index (κ1) is 23.0. The highest BCUT2D eigenvalue weighted by Gasteiger charge is 2.33. The van der Waals surface area contributed by atoms with Crippen molar-refractivity contribution >= 4 is 52.8 Å². The molecule has 2 aromatic heterocycles. The van der Waals surface area contributed by atoms with E-state index in [4.69, 9.17) is 11.6 Å². The lowest BCUT2D eigenvalue weighted by Crippen LogP contribution is -2.36. The van der Waals surface area contributed by atoms with E-state index in [9.17, 15) is 9.18 Å². The Labute approximate surface area is 201 Å². The zero-order chi connectivity index (χ0) is 21.5. The second-order valence-electron chi connectivity index (χ2n) is 7.87. The Balaban J connectivity index is 0.00000245. The lowest BCUT2D eigenvalue weighted by atomic mass is 10.1. The summed E-state index contributed by atoms with van der Waals surface area (Å²) in [6.07, 6.45) is 1.60. The van der Waals surface area contributed by atoms with Gasteiger partial charge in [-0.25, -0.2) is 9.37 Å². The molecule has 1 saturated heterocycles. The summed E-state index contributed by atoms with van der Waals surface area (Å²) < 4.78 is 14.0. The molecule has 1 N–H and O–H groups in total. The molecule has 5 rings (SSSR count). The number of nitrogens with one attached hydrogen (secondary N) is 1. The SMILES string of the molecule is CN[C@@H]1CN(c2ccc(N3CCc4cc(-c5ccc(Cl)cc5)sc4C3=O)cn2)C[C@@H]1F.Cl. The summed E-state index contributed by atoms with van der Waals surface area (Å²) in [5.74, 6) is 0.733. The molecule has 2 atom stereocenters. The first-order chi connectivity index (χ1) is 15.0. The Morgan fingerprint density at radius 1 is 1.19 bits per heavy atom. The lowest BCUT2D eigenvalue weighted by Gasteiger charge is -2.27. The number of anilines is 2. The largest absolute Gasteiger partial charge is 0.352 e. The van der Waals surface area contributed by atoms with Gasteiger partial charge in [-0.1, -0.05) is 23.7 Å². The van der Waals surface area contributed by atoms with Crippen LogP contribution in [0, 0.1) is 0 Å². The topological polar surface area (TPSA) is 48.5 Å². The van der Waals surface area contributed by atoms with Crippen LogP contribution >= 0.6 is 35.3 Å². The maximum Gasteiger partial charge on any atom is 0.268 e. The van der Waals surface area contributed by atoms with Crippen LogP contribution in [0.2, 0.25) is 5.02 Å². The van der Waals surface area contributed by atoms with E-state index >= 15 is 0 Å². The third kappa shape index (κ3) is 4.22. The van der Waals surface area contributed by atoms with E-state index in [0.717, 1.165) is 38.8 Å². The minimum Gasteiger partial charge on any atom is -0.352 e. The number of aromatic nitrogens is 1. The number of fused-ring (bicyclic) bond motifs is 1. The minimum atomic E-state index is -0.915. The van der Waals surface area contributed by atoms with Crippen LogP contribution in [-0.2, 0) is 6.42 Å². The fraction of sp³-hybridized carbons (Fsp3) is 0.304. The number of carbonyl (C=O) groups excluding carboxylic acids is 1. The highest BCUT2D eigenvalue weighted by molar-refractivity contribution is 7.17. The molecular weight excluding hydrogens is 470 g/mol. The van der Waals surface area contributed by atoms with Crippen LogP contribution in [0.15, 0.2) is 48.7 Å². The molecule has 0 unspecified atom stereocenters. The van der Waals surface area contributed by atoms with Crippen molar-refractivity contribution in [3.05, 3.63) is 64.1 Å². The molecular formula is C23H23Cl2FN4OS. The molecule has 3 aromatic rings. The van der Waals surface area contributed by atoms with Gasteiger partial charge in [-0.05, 0) is 54.9 Å². The van der Waals surface area contributed by atoms with Crippen molar-refractivity contribution in [1.29, 1.82) is 0 Å². The summed E-state index contributed by atoms with van der Waals surface area (Å²) in [6.45, 7) is 1.52. The maximum absolute atomic E-state index is 14.0. The van der Waals surface area contributed by atoms with E-state index in [1.165, 1.54) is 11.3 Å². The fourth-order valence-electron chi connectivity index (χ4n) is 4.20. The smallest absolute Gasteiger partial charge is 0.268 e. The van der Waals surface area contributed by atoms with Gasteiger partial charge in [0.05, 0.1) is 29.3 Å². The van der Waals surface area contributed by atoms with Crippen molar-refractivity contribution in [1.82, 2.24) is 10.3 Å². The first-order valence-corrected chi connectivity index (χ1v) is 11.5. The zero-order valence-corrected chi connectivity index (χ0v) is 19.8. The number of hydrogen-bond acceptors (Lipinski definition) is 5. The summed E-state index contributed by atoms with van der Waals surface area (Å²) in [4.78, 5) is 23.3. The van der Waals surface area contributed by atoms with Gasteiger partial charge in [-0.15, -0.1) is 23.7 Å². The zero-order valence-electron chi connectivity index (χ0n) is 17.4. The van der Waals surface area contributed by atoms with E-state index in [-0.39, 0.29) is 24.4 Å². The van der Waals surface area contributed by atoms with E-state index < -0.39 is 6.17 Å². The number of thiophene rings is 1. The van der Waals surface area contributed by atoms with Crippen molar-refractivity contribution < 1.29 is 9.18 Å². The van der Waals surface area contributed by atoms with Gasteiger partial charge < -0.3 is 15.1 Å². The number of amides is 1. The van der Waals surface area contributed by atoms with Crippen molar-refractivity contribution in [3.8, 4) is 10.4 Å². The molecule has 0 aliphatic carbocycles. The number of halogens is 3. The van der Waals surface area contributed by atoms with Crippen LogP contribution in [-0.4, -0.2) is 49.8 Å². The Morgan fingerprint density at radius 3 is 2.62 bits per heavy atom. The average Bonchev–Trinajstić information content (AvgIpc) is 3.39. The van der Waals surface area contributed by atoms with Gasteiger partial charge in [0.15, 0.2) is 0 Å². The van der Waals surface area contributed by atoms with Gasteiger partial charge in [0.2, 0.25) is 0 Å². The second kappa shape index (κ2) is 9.35. The van der Waals surface area contributed by atoms with Crippen molar-refractivity contribution in [3.63, 3.8) is 0 Å². The Kier molecular flexibility index (Phi) is 6.72. The molecule has 32 heavy (non-hydrogen) atoms.